The number of rotatable bonds is 0. The standard InChI is InChI=1S/C10H8O4S.C10H12O4.C6H4O3S.C4H4O/c11-7-9-3-15-4-10(9,8(12)14-7)6-2-1-5(9)13-6;1-9-5-3-4-6(13-5)10(9,2)8(12)14-7(9)11;7-5-3-1-10-2-4(3)6(8)9-5;1-2-4-5-3-1/h1-2,5-6H,3-4H2;5-6H,3-4H2,1-2H3;1-2H2;1-4H/t2*5-,6+,9+,10-;;. The van der Waals surface area contributed by atoms with E-state index in [0.717, 1.165) is 12.8 Å². The molecule has 6 saturated heterocycles. The highest BCUT2D eigenvalue weighted by Crippen LogP contribution is 2.67. The average Bonchev–Trinajstić information content (AvgIpc) is 3.85. The SMILES string of the molecule is C[C@@]12C(=O)OC(=O)[C@]1(C)[C@H]1CC[C@@H]2O1.O=C1OC(=O)C2=C1CSC2.O=C1OC(=O)[C@@]23CSC[C@@]12[C@@H]1C=C[C@H]3O1.c1ccoc1. The third-order valence-electron chi connectivity index (χ3n) is 10.5. The van der Waals surface area contributed by atoms with Crippen molar-refractivity contribution in [3.8, 4) is 0 Å². The van der Waals surface area contributed by atoms with E-state index >= 15 is 0 Å². The van der Waals surface area contributed by atoms with Crippen LogP contribution in [0.4, 0.5) is 0 Å². The molecular formula is C30H28O12S2. The van der Waals surface area contributed by atoms with E-state index in [2.05, 4.69) is 9.15 Å². The van der Waals surface area contributed by atoms with Gasteiger partial charge in [0.2, 0.25) is 0 Å². The van der Waals surface area contributed by atoms with Crippen molar-refractivity contribution in [2.45, 2.75) is 51.1 Å². The number of hydrogen-bond donors (Lipinski definition) is 0. The second kappa shape index (κ2) is 10.2. The number of ether oxygens (including phenoxy) is 5. The van der Waals surface area contributed by atoms with Crippen LogP contribution in [-0.2, 0) is 52.5 Å². The molecule has 9 aliphatic heterocycles. The van der Waals surface area contributed by atoms with Crippen molar-refractivity contribution in [1.29, 1.82) is 0 Å². The maximum Gasteiger partial charge on any atom is 0.343 e. The van der Waals surface area contributed by atoms with Crippen molar-refractivity contribution in [1.82, 2.24) is 0 Å². The van der Waals surface area contributed by atoms with Crippen molar-refractivity contribution in [2.24, 2.45) is 21.7 Å². The fourth-order valence-electron chi connectivity index (χ4n) is 7.66. The van der Waals surface area contributed by atoms with E-state index in [1.165, 1.54) is 0 Å². The number of esters is 6. The molecule has 0 saturated carbocycles. The molecule has 0 N–H and O–H groups in total. The van der Waals surface area contributed by atoms with Gasteiger partial charge in [-0.2, -0.15) is 23.5 Å². The molecule has 10 heterocycles. The van der Waals surface area contributed by atoms with E-state index in [1.807, 2.05) is 24.3 Å². The Labute approximate surface area is 259 Å². The first kappa shape index (κ1) is 29.5. The molecule has 232 valence electrons. The van der Waals surface area contributed by atoms with Gasteiger partial charge in [-0.25, -0.2) is 9.59 Å². The van der Waals surface area contributed by atoms with E-state index in [9.17, 15) is 28.8 Å². The highest BCUT2D eigenvalue weighted by Gasteiger charge is 2.82. The molecule has 0 aromatic carbocycles. The minimum Gasteiger partial charge on any atom is -0.473 e. The molecule has 1 aromatic rings. The minimum atomic E-state index is -0.743. The van der Waals surface area contributed by atoms with Gasteiger partial charge in [0, 0.05) is 23.0 Å². The van der Waals surface area contributed by atoms with Crippen molar-refractivity contribution >= 4 is 59.3 Å². The molecule has 12 nitrogen and oxygen atoms in total. The monoisotopic (exact) mass is 644 g/mol. The number of hydrogen-bond acceptors (Lipinski definition) is 14. The Kier molecular flexibility index (Phi) is 6.81. The molecule has 1 aromatic heterocycles. The summed E-state index contributed by atoms with van der Waals surface area (Å²) in [6, 6.07) is 3.67. The van der Waals surface area contributed by atoms with Crippen molar-refractivity contribution in [3.63, 3.8) is 0 Å². The molecule has 0 radical (unpaired) electrons. The zero-order valence-electron chi connectivity index (χ0n) is 23.7. The lowest BCUT2D eigenvalue weighted by molar-refractivity contribution is -0.161. The number of furan rings is 1. The lowest BCUT2D eigenvalue weighted by atomic mass is 9.59. The summed E-state index contributed by atoms with van der Waals surface area (Å²) >= 11 is 3.23. The number of cyclic esters (lactones) is 6. The molecular weight excluding hydrogens is 616 g/mol. The van der Waals surface area contributed by atoms with Gasteiger partial charge in [0.1, 0.15) is 21.7 Å². The summed E-state index contributed by atoms with van der Waals surface area (Å²) in [7, 11) is 0. The predicted molar refractivity (Wildman–Crippen MR) is 150 cm³/mol. The lowest BCUT2D eigenvalue weighted by Gasteiger charge is -2.34. The molecule has 0 aliphatic carbocycles. The highest BCUT2D eigenvalue weighted by molar-refractivity contribution is 8.00. The van der Waals surface area contributed by atoms with Gasteiger partial charge in [-0.1, -0.05) is 12.2 Å². The van der Waals surface area contributed by atoms with Crippen LogP contribution in [0, 0.1) is 21.7 Å². The minimum absolute atomic E-state index is 0.128. The Morgan fingerprint density at radius 3 is 1.57 bits per heavy atom. The molecule has 44 heavy (non-hydrogen) atoms. The van der Waals surface area contributed by atoms with Crippen LogP contribution in [0.1, 0.15) is 26.7 Å². The number of carbonyl (C=O) groups excluding carboxylic acids is 6. The van der Waals surface area contributed by atoms with Gasteiger partial charge in [-0.05, 0) is 38.8 Å². The maximum absolute atomic E-state index is 11.9. The first-order valence-corrected chi connectivity index (χ1v) is 16.5. The molecule has 6 fully saturated rings. The van der Waals surface area contributed by atoms with E-state index in [0.29, 0.717) is 34.2 Å². The summed E-state index contributed by atoms with van der Waals surface area (Å²) in [6.07, 6.45) is 8.00. The third-order valence-corrected chi connectivity index (χ3v) is 12.8. The third kappa shape index (κ3) is 3.62. The molecule has 10 rings (SSSR count). The van der Waals surface area contributed by atoms with E-state index < -0.39 is 45.5 Å². The smallest absolute Gasteiger partial charge is 0.343 e. The van der Waals surface area contributed by atoms with Crippen LogP contribution in [0.25, 0.3) is 0 Å². The summed E-state index contributed by atoms with van der Waals surface area (Å²) in [5.41, 5.74) is -1.76. The van der Waals surface area contributed by atoms with E-state index in [4.69, 9.17) is 18.9 Å². The predicted octanol–water partition coefficient (Wildman–Crippen LogP) is 2.16. The number of fused-ring (bicyclic) bond motifs is 7. The van der Waals surface area contributed by atoms with Gasteiger partial charge in [0.05, 0.1) is 48.1 Å². The van der Waals surface area contributed by atoms with Gasteiger partial charge in [-0.3, -0.25) is 19.2 Å². The molecule has 0 unspecified atom stereocenters. The molecule has 4 bridgehead atoms. The largest absolute Gasteiger partial charge is 0.473 e. The maximum atomic E-state index is 11.9. The normalized spacial score (nSPS) is 42.4. The fourth-order valence-corrected chi connectivity index (χ4v) is 10.6. The number of thioether (sulfide) groups is 2. The molecule has 8 atom stereocenters. The van der Waals surface area contributed by atoms with E-state index in [1.54, 1.807) is 49.9 Å². The highest BCUT2D eigenvalue weighted by atomic mass is 32.2. The van der Waals surface area contributed by atoms with Gasteiger partial charge in [-0.15, -0.1) is 0 Å². The summed E-state index contributed by atoms with van der Waals surface area (Å²) in [5, 5.41) is 0. The molecule has 9 aliphatic rings. The fraction of sp³-hybridized carbons (Fsp3) is 0.533. The van der Waals surface area contributed by atoms with Gasteiger partial charge in [0.25, 0.3) is 0 Å². The Morgan fingerprint density at radius 2 is 1.11 bits per heavy atom. The zero-order valence-corrected chi connectivity index (χ0v) is 25.4. The van der Waals surface area contributed by atoms with Gasteiger partial charge in [0.15, 0.2) is 0 Å². The zero-order chi connectivity index (χ0) is 31.1. The van der Waals surface area contributed by atoms with Crippen LogP contribution in [0.2, 0.25) is 0 Å². The Morgan fingerprint density at radius 1 is 0.636 bits per heavy atom. The Bertz CT molecular complexity index is 1440. The first-order chi connectivity index (χ1) is 21.0. The second-order valence-electron chi connectivity index (χ2n) is 12.2. The summed E-state index contributed by atoms with van der Waals surface area (Å²) < 4.78 is 29.9. The van der Waals surface area contributed by atoms with Crippen LogP contribution in [0.15, 0.2) is 52.4 Å². The van der Waals surface area contributed by atoms with Crippen LogP contribution in [0.5, 0.6) is 0 Å². The molecule has 14 heteroatoms. The van der Waals surface area contributed by atoms with Crippen LogP contribution >= 0.6 is 23.5 Å². The van der Waals surface area contributed by atoms with Gasteiger partial charge >= 0.3 is 35.8 Å². The Hall–Kier alpha value is -3.20. The Balaban J connectivity index is 0.000000100. The number of carbonyl (C=O) groups is 6. The van der Waals surface area contributed by atoms with Gasteiger partial charge < -0.3 is 28.1 Å². The first-order valence-electron chi connectivity index (χ1n) is 14.2. The molecule has 0 spiro atoms. The summed E-state index contributed by atoms with van der Waals surface area (Å²) in [4.78, 5) is 68.6. The quantitative estimate of drug-likeness (QED) is 0.175. The second-order valence-corrected chi connectivity index (χ2v) is 14.1. The van der Waals surface area contributed by atoms with Crippen LogP contribution in [0.3, 0.4) is 0 Å². The summed E-state index contributed by atoms with van der Waals surface area (Å²) in [6.45, 7) is 3.59. The van der Waals surface area contributed by atoms with Crippen molar-refractivity contribution < 1.29 is 56.9 Å². The van der Waals surface area contributed by atoms with Crippen molar-refractivity contribution in [3.05, 3.63) is 48.0 Å². The average molecular weight is 645 g/mol. The lowest BCUT2D eigenvalue weighted by Crippen LogP contribution is -2.50. The van der Waals surface area contributed by atoms with E-state index in [-0.39, 0.29) is 36.4 Å². The topological polar surface area (TPSA) is 162 Å². The van der Waals surface area contributed by atoms with Crippen LogP contribution < -0.4 is 0 Å². The van der Waals surface area contributed by atoms with Crippen molar-refractivity contribution in [2.75, 3.05) is 23.0 Å². The summed E-state index contributed by atoms with van der Waals surface area (Å²) in [5.74, 6) is 0.111. The molecule has 0 amide bonds. The van der Waals surface area contributed by atoms with Crippen LogP contribution in [-0.4, -0.2) is 83.2 Å².